The number of rotatable bonds is 2. The molecule has 0 atom stereocenters. The standard InChI is InChI=1S/C35H25N9/c1-44(2)18-19-10-9-17-26-27(19)35-42-33-25-16-8-7-15-24(25)31(40-33)38-29-21-12-4-3-11-20(21)28(36-29)37-30-22-13-5-6-14-23(22)32(39-30)41-34(26)43-35/h3-17H,18H2,1-2H3,(H2,36,37,38,39,40,41,42,43). The van der Waals surface area contributed by atoms with Crippen molar-refractivity contribution in [3.8, 4) is 45.6 Å². The summed E-state index contributed by atoms with van der Waals surface area (Å²) < 4.78 is 0. The number of H-pyrrole nitrogens is 2. The number of aromatic nitrogens is 8. The van der Waals surface area contributed by atoms with Gasteiger partial charge in [-0.3, -0.25) is 0 Å². The molecule has 9 nitrogen and oxygen atoms in total. The molecule has 0 amide bonds. The summed E-state index contributed by atoms with van der Waals surface area (Å²) in [5.41, 5.74) is 7.60. The zero-order valence-corrected chi connectivity index (χ0v) is 24.0. The number of nitrogens with one attached hydrogen (secondary N) is 2. The fraction of sp³-hybridized carbons (Fsp3) is 0.0857. The SMILES string of the molecule is CN(C)Cc1cccc2c3nc4nc(nc5[nH]c(nc6nc(nc([nH]3)c12)-c1ccccc1-6)c1ccccc51)-c1ccccc1-4. The molecule has 0 spiro atoms. The number of benzene rings is 4. The smallest absolute Gasteiger partial charge is 0.164 e. The Balaban J connectivity index is 1.50. The van der Waals surface area contributed by atoms with Gasteiger partial charge in [0.15, 0.2) is 23.3 Å². The van der Waals surface area contributed by atoms with Gasteiger partial charge in [0.2, 0.25) is 0 Å². The van der Waals surface area contributed by atoms with Crippen LogP contribution in [0.3, 0.4) is 0 Å². The molecule has 2 aliphatic heterocycles. The quantitative estimate of drug-likeness (QED) is 0.231. The van der Waals surface area contributed by atoms with Crippen molar-refractivity contribution in [2.45, 2.75) is 6.54 Å². The van der Waals surface area contributed by atoms with Crippen molar-refractivity contribution < 1.29 is 0 Å². The Morgan fingerprint density at radius 3 is 1.36 bits per heavy atom. The lowest BCUT2D eigenvalue weighted by atomic mass is 10.1. The Labute approximate surface area is 251 Å². The van der Waals surface area contributed by atoms with Crippen LogP contribution in [0.5, 0.6) is 0 Å². The summed E-state index contributed by atoms with van der Waals surface area (Å²) in [6.45, 7) is 0.746. The fourth-order valence-corrected chi connectivity index (χ4v) is 6.24. The van der Waals surface area contributed by atoms with Gasteiger partial charge in [0.05, 0.1) is 0 Å². The molecule has 0 saturated heterocycles. The highest BCUT2D eigenvalue weighted by atomic mass is 15.1. The molecule has 0 saturated carbocycles. The van der Waals surface area contributed by atoms with Gasteiger partial charge in [0.25, 0.3) is 0 Å². The first-order valence-electron chi connectivity index (χ1n) is 14.5. The molecule has 44 heavy (non-hydrogen) atoms. The summed E-state index contributed by atoms with van der Waals surface area (Å²) >= 11 is 0. The Hall–Kier alpha value is -5.80. The molecule has 2 N–H and O–H groups in total. The maximum atomic E-state index is 5.16. The van der Waals surface area contributed by atoms with E-state index in [2.05, 4.69) is 47.2 Å². The minimum atomic E-state index is 0.596. The van der Waals surface area contributed by atoms with Crippen molar-refractivity contribution in [2.24, 2.45) is 0 Å². The van der Waals surface area contributed by atoms with Gasteiger partial charge in [0.1, 0.15) is 22.6 Å². The third kappa shape index (κ3) is 3.76. The predicted octanol–water partition coefficient (Wildman–Crippen LogP) is 6.93. The van der Waals surface area contributed by atoms with Crippen LogP contribution in [0.2, 0.25) is 0 Å². The first-order chi connectivity index (χ1) is 21.6. The van der Waals surface area contributed by atoms with Crippen LogP contribution in [0, 0.1) is 0 Å². The molecule has 8 bridgehead atoms. The molecule has 4 aromatic carbocycles. The highest BCUT2D eigenvalue weighted by Gasteiger charge is 2.22. The Morgan fingerprint density at radius 2 is 0.864 bits per heavy atom. The van der Waals surface area contributed by atoms with Crippen LogP contribution in [-0.4, -0.2) is 58.9 Å². The van der Waals surface area contributed by atoms with E-state index in [1.165, 1.54) is 0 Å². The van der Waals surface area contributed by atoms with Crippen LogP contribution in [0.4, 0.5) is 0 Å². The van der Waals surface area contributed by atoms with Crippen LogP contribution >= 0.6 is 0 Å². The van der Waals surface area contributed by atoms with E-state index in [0.717, 1.165) is 55.9 Å². The first-order valence-corrected chi connectivity index (χ1v) is 14.5. The average Bonchev–Trinajstić information content (AvgIpc) is 3.77. The monoisotopic (exact) mass is 571 g/mol. The van der Waals surface area contributed by atoms with E-state index in [4.69, 9.17) is 29.9 Å². The number of fused-ring (bicyclic) bond motifs is 20. The van der Waals surface area contributed by atoms with E-state index in [-0.39, 0.29) is 0 Å². The lowest BCUT2D eigenvalue weighted by Gasteiger charge is -2.10. The Morgan fingerprint density at radius 1 is 0.455 bits per heavy atom. The maximum Gasteiger partial charge on any atom is 0.164 e. The highest BCUT2D eigenvalue weighted by molar-refractivity contribution is 6.07. The molecule has 9 heteroatoms. The molecular weight excluding hydrogens is 546 g/mol. The van der Waals surface area contributed by atoms with Gasteiger partial charge in [-0.1, -0.05) is 91.0 Å². The lowest BCUT2D eigenvalue weighted by molar-refractivity contribution is 0.404. The second-order valence-corrected chi connectivity index (χ2v) is 11.3. The minimum absolute atomic E-state index is 0.596. The number of hydrogen-bond acceptors (Lipinski definition) is 7. The van der Waals surface area contributed by atoms with Crippen LogP contribution in [0.1, 0.15) is 5.56 Å². The first kappa shape index (κ1) is 24.8. The van der Waals surface area contributed by atoms with Gasteiger partial charge in [-0.25, -0.2) is 29.9 Å². The van der Waals surface area contributed by atoms with Crippen LogP contribution in [-0.2, 0) is 6.54 Å². The minimum Gasteiger partial charge on any atom is -0.324 e. The third-order valence-corrected chi connectivity index (χ3v) is 8.15. The van der Waals surface area contributed by atoms with Gasteiger partial charge in [-0.05, 0) is 19.7 Å². The number of nitrogens with zero attached hydrogens (tertiary/aromatic N) is 7. The summed E-state index contributed by atoms with van der Waals surface area (Å²) in [4.78, 5) is 39.5. The van der Waals surface area contributed by atoms with E-state index >= 15 is 0 Å². The lowest BCUT2D eigenvalue weighted by Crippen LogP contribution is -2.10. The van der Waals surface area contributed by atoms with Gasteiger partial charge < -0.3 is 14.9 Å². The average molecular weight is 572 g/mol. The zero-order chi connectivity index (χ0) is 29.4. The second kappa shape index (κ2) is 9.35. The predicted molar refractivity (Wildman–Crippen MR) is 173 cm³/mol. The van der Waals surface area contributed by atoms with E-state index in [0.29, 0.717) is 45.9 Å². The van der Waals surface area contributed by atoms with Crippen LogP contribution in [0.25, 0.3) is 89.7 Å². The van der Waals surface area contributed by atoms with Gasteiger partial charge in [-0.15, -0.1) is 0 Å². The molecule has 0 radical (unpaired) electrons. The molecule has 0 aliphatic carbocycles. The molecule has 0 unspecified atom stereocenters. The molecule has 3 aromatic heterocycles. The van der Waals surface area contributed by atoms with Crippen molar-refractivity contribution in [3.05, 3.63) is 96.6 Å². The summed E-state index contributed by atoms with van der Waals surface area (Å²) in [5.74, 6) is 2.39. The maximum absolute atomic E-state index is 5.16. The highest BCUT2D eigenvalue weighted by Crippen LogP contribution is 2.37. The van der Waals surface area contributed by atoms with Crippen molar-refractivity contribution >= 4 is 44.1 Å². The van der Waals surface area contributed by atoms with Crippen molar-refractivity contribution in [1.29, 1.82) is 0 Å². The molecule has 2 aliphatic rings. The summed E-state index contributed by atoms with van der Waals surface area (Å²) in [6.07, 6.45) is 0. The summed E-state index contributed by atoms with van der Waals surface area (Å²) in [5, 5.41) is 3.89. The fourth-order valence-electron chi connectivity index (χ4n) is 6.24. The topological polar surface area (TPSA) is 112 Å². The van der Waals surface area contributed by atoms with E-state index < -0.39 is 0 Å². The molecular formula is C35H25N9. The normalized spacial score (nSPS) is 12.2. The second-order valence-electron chi connectivity index (χ2n) is 11.3. The summed E-state index contributed by atoms with van der Waals surface area (Å²) in [7, 11) is 4.13. The van der Waals surface area contributed by atoms with E-state index in [9.17, 15) is 0 Å². The third-order valence-electron chi connectivity index (χ3n) is 8.15. The van der Waals surface area contributed by atoms with Crippen molar-refractivity contribution in [2.75, 3.05) is 14.1 Å². The largest absolute Gasteiger partial charge is 0.324 e. The van der Waals surface area contributed by atoms with Crippen LogP contribution < -0.4 is 0 Å². The molecule has 7 aromatic rings. The Bertz CT molecular complexity index is 2470. The van der Waals surface area contributed by atoms with E-state index in [1.807, 2.05) is 72.8 Å². The summed E-state index contributed by atoms with van der Waals surface area (Å²) in [6, 6.07) is 30.6. The van der Waals surface area contributed by atoms with E-state index in [1.54, 1.807) is 0 Å². The van der Waals surface area contributed by atoms with Crippen LogP contribution in [0.15, 0.2) is 91.0 Å². The van der Waals surface area contributed by atoms with Gasteiger partial charge in [0, 0.05) is 50.3 Å². The Kier molecular flexibility index (Phi) is 5.26. The number of aromatic amines is 2. The van der Waals surface area contributed by atoms with Crippen molar-refractivity contribution in [3.63, 3.8) is 0 Å². The van der Waals surface area contributed by atoms with Crippen molar-refractivity contribution in [1.82, 2.24) is 44.8 Å². The molecule has 5 heterocycles. The molecule has 9 rings (SSSR count). The molecule has 210 valence electrons. The van der Waals surface area contributed by atoms with Gasteiger partial charge in [-0.2, -0.15) is 0 Å². The number of hydrogen-bond donors (Lipinski definition) is 2. The van der Waals surface area contributed by atoms with Gasteiger partial charge >= 0.3 is 0 Å². The zero-order valence-electron chi connectivity index (χ0n) is 24.0. The molecule has 0 fully saturated rings.